The minimum Gasteiger partial charge on any atom is -0.611 e. The summed E-state index contributed by atoms with van der Waals surface area (Å²) in [6, 6.07) is 20.9. The lowest BCUT2D eigenvalue weighted by molar-refractivity contribution is -0.111. The highest BCUT2D eigenvalue weighted by molar-refractivity contribution is 7.91. The molecule has 0 unspecified atom stereocenters. The molecule has 0 aliphatic heterocycles. The summed E-state index contributed by atoms with van der Waals surface area (Å²) in [5, 5.41) is 2.88. The first-order valence-corrected chi connectivity index (χ1v) is 16.8. The molecule has 45 heavy (non-hydrogen) atoms. The van der Waals surface area contributed by atoms with Crippen molar-refractivity contribution in [2.24, 2.45) is 0 Å². The van der Waals surface area contributed by atoms with Crippen molar-refractivity contribution in [1.29, 1.82) is 0 Å². The van der Waals surface area contributed by atoms with Crippen molar-refractivity contribution in [3.8, 4) is 22.6 Å². The summed E-state index contributed by atoms with van der Waals surface area (Å²) in [4.78, 5) is 17.7. The van der Waals surface area contributed by atoms with Gasteiger partial charge < -0.3 is 28.6 Å². The maximum absolute atomic E-state index is 12.9. The highest BCUT2D eigenvalue weighted by Gasteiger charge is 2.13. The van der Waals surface area contributed by atoms with E-state index < -0.39 is 11.2 Å². The Morgan fingerprint density at radius 1 is 0.978 bits per heavy atom. The van der Waals surface area contributed by atoms with Gasteiger partial charge in [0, 0.05) is 48.8 Å². The van der Waals surface area contributed by atoms with Crippen molar-refractivity contribution in [3.05, 3.63) is 96.6 Å². The number of hydrogen-bond donors (Lipinski definition) is 1. The number of anilines is 1. The fraction of sp³-hybridized carbons (Fsp3) is 0.333. The smallest absolute Gasteiger partial charge is 0.248 e. The van der Waals surface area contributed by atoms with Gasteiger partial charge in [0.2, 0.25) is 5.91 Å². The van der Waals surface area contributed by atoms with Gasteiger partial charge in [0.1, 0.15) is 23.9 Å². The van der Waals surface area contributed by atoms with Crippen LogP contribution in [-0.4, -0.2) is 52.7 Å². The van der Waals surface area contributed by atoms with Crippen LogP contribution < -0.4 is 14.8 Å². The van der Waals surface area contributed by atoms with Crippen molar-refractivity contribution < 1.29 is 23.6 Å². The number of nitrogens with zero attached hydrogens (tertiary/aromatic N) is 2. The number of nitrogens with one attached hydrogen (secondary N) is 1. The summed E-state index contributed by atoms with van der Waals surface area (Å²) < 4.78 is 31.8. The van der Waals surface area contributed by atoms with Gasteiger partial charge in [0.25, 0.3) is 0 Å². The van der Waals surface area contributed by atoms with E-state index in [1.807, 2.05) is 55.0 Å². The van der Waals surface area contributed by atoms with E-state index in [0.717, 1.165) is 65.4 Å². The maximum Gasteiger partial charge on any atom is 0.248 e. The molecule has 0 bridgehead atoms. The first kappa shape index (κ1) is 33.8. The molecule has 0 aliphatic rings. The number of methoxy groups -OCH3 is 1. The number of carbonyl (C=O) groups is 1. The van der Waals surface area contributed by atoms with Crippen LogP contribution in [0.5, 0.6) is 11.5 Å². The lowest BCUT2D eigenvalue weighted by atomic mass is 10.0. The fourth-order valence-corrected chi connectivity index (χ4v) is 5.78. The van der Waals surface area contributed by atoms with Crippen LogP contribution in [0.15, 0.2) is 90.2 Å². The van der Waals surface area contributed by atoms with Crippen LogP contribution in [0.4, 0.5) is 5.69 Å². The van der Waals surface area contributed by atoms with Gasteiger partial charge in [0.05, 0.1) is 20.0 Å². The van der Waals surface area contributed by atoms with E-state index in [2.05, 4.69) is 28.7 Å². The molecule has 0 spiro atoms. The van der Waals surface area contributed by atoms with Gasteiger partial charge >= 0.3 is 0 Å². The first-order valence-electron chi connectivity index (χ1n) is 15.5. The molecule has 1 atom stereocenters. The molecule has 0 aliphatic carbocycles. The third-order valence-electron chi connectivity index (χ3n) is 7.16. The van der Waals surface area contributed by atoms with Crippen LogP contribution in [0.25, 0.3) is 17.2 Å². The fourth-order valence-electron chi connectivity index (χ4n) is 4.71. The summed E-state index contributed by atoms with van der Waals surface area (Å²) >= 11 is -1.15. The number of aromatic nitrogens is 2. The van der Waals surface area contributed by atoms with Crippen molar-refractivity contribution in [3.63, 3.8) is 0 Å². The standard InChI is InChI=1S/C36H43N3O5S/c1-4-6-21-43-22-23-44-33-13-7-28(8-14-33)29-9-17-35(42-3)30(25-29)10-18-36(40)38-31-11-15-34(16-12-31)45(41)24-19-32-26-37-27-39(32)20-5-2/h7-18,25-27H,4-6,19-24H2,1-3H3,(H,38,40)/b18-10+/t45-/m0/s1. The highest BCUT2D eigenvalue weighted by Crippen LogP contribution is 2.29. The summed E-state index contributed by atoms with van der Waals surface area (Å²) in [7, 11) is 1.61. The summed E-state index contributed by atoms with van der Waals surface area (Å²) in [5.41, 5.74) is 4.50. The van der Waals surface area contributed by atoms with Crippen LogP contribution in [0, 0.1) is 0 Å². The zero-order chi connectivity index (χ0) is 31.9. The topological polar surface area (TPSA) is 97.7 Å². The molecule has 4 rings (SSSR count). The number of benzene rings is 3. The van der Waals surface area contributed by atoms with Crippen LogP contribution in [0.3, 0.4) is 0 Å². The van der Waals surface area contributed by atoms with Crippen LogP contribution in [0.2, 0.25) is 0 Å². The number of rotatable bonds is 18. The molecule has 1 N–H and O–H groups in total. The second kappa shape index (κ2) is 18.0. The lowest BCUT2D eigenvalue weighted by Gasteiger charge is -2.12. The Labute approximate surface area is 269 Å². The van der Waals surface area contributed by atoms with Crippen LogP contribution in [0.1, 0.15) is 44.4 Å². The molecule has 1 aromatic heterocycles. The normalized spacial score (nSPS) is 11.9. The summed E-state index contributed by atoms with van der Waals surface area (Å²) in [6.45, 7) is 7.02. The maximum atomic E-state index is 12.9. The minimum absolute atomic E-state index is 0.277. The highest BCUT2D eigenvalue weighted by atomic mass is 32.2. The largest absolute Gasteiger partial charge is 0.611 e. The van der Waals surface area contributed by atoms with Gasteiger partial charge in [-0.3, -0.25) is 4.79 Å². The monoisotopic (exact) mass is 629 g/mol. The second-order valence-corrected chi connectivity index (χ2v) is 12.1. The number of ether oxygens (including phenoxy) is 3. The van der Waals surface area contributed by atoms with E-state index >= 15 is 0 Å². The van der Waals surface area contributed by atoms with E-state index in [0.29, 0.717) is 36.8 Å². The van der Waals surface area contributed by atoms with Gasteiger partial charge in [-0.2, -0.15) is 0 Å². The number of aryl methyl sites for hydroxylation is 2. The SMILES string of the molecule is CCCCOCCOc1ccc(-c2ccc(OC)c(/C=C/C(=O)Nc3ccc([S@@+]([O-])CCc4cncn4CCC)cc3)c2)cc1. The molecule has 3 aromatic carbocycles. The first-order chi connectivity index (χ1) is 22.0. The Hall–Kier alpha value is -4.05. The molecule has 238 valence electrons. The van der Waals surface area contributed by atoms with E-state index in [1.165, 1.54) is 6.08 Å². The molecule has 0 fully saturated rings. The Morgan fingerprint density at radius 3 is 2.49 bits per heavy atom. The average molecular weight is 630 g/mol. The Balaban J connectivity index is 1.31. The van der Waals surface area contributed by atoms with Gasteiger partial charge in [-0.05, 0) is 89.8 Å². The van der Waals surface area contributed by atoms with E-state index in [4.69, 9.17) is 14.2 Å². The molecule has 0 radical (unpaired) electrons. The molecule has 8 nitrogen and oxygen atoms in total. The number of unbranched alkanes of at least 4 members (excludes halogenated alkanes) is 1. The molecule has 1 amide bonds. The van der Waals surface area contributed by atoms with E-state index in [1.54, 1.807) is 37.5 Å². The molecular weight excluding hydrogens is 586 g/mol. The van der Waals surface area contributed by atoms with Gasteiger partial charge in [-0.25, -0.2) is 4.98 Å². The summed E-state index contributed by atoms with van der Waals surface area (Å²) in [5.74, 6) is 1.69. The van der Waals surface area contributed by atoms with Crippen LogP contribution in [-0.2, 0) is 33.7 Å². The third kappa shape index (κ3) is 10.5. The second-order valence-electron chi connectivity index (χ2n) is 10.5. The molecule has 4 aromatic rings. The van der Waals surface area contributed by atoms with Crippen LogP contribution >= 0.6 is 0 Å². The minimum atomic E-state index is -1.15. The zero-order valence-corrected chi connectivity index (χ0v) is 27.2. The van der Waals surface area contributed by atoms with Crippen molar-refractivity contribution >= 4 is 28.8 Å². The molecular formula is C36H43N3O5S. The Bertz CT molecular complexity index is 1500. The molecule has 9 heteroatoms. The Morgan fingerprint density at radius 2 is 1.76 bits per heavy atom. The third-order valence-corrected chi connectivity index (χ3v) is 8.53. The van der Waals surface area contributed by atoms with Crippen molar-refractivity contribution in [1.82, 2.24) is 9.55 Å². The number of amides is 1. The van der Waals surface area contributed by atoms with Gasteiger partial charge in [-0.15, -0.1) is 0 Å². The van der Waals surface area contributed by atoms with E-state index in [9.17, 15) is 9.35 Å². The van der Waals surface area contributed by atoms with Gasteiger partial charge in [0.15, 0.2) is 4.90 Å². The van der Waals surface area contributed by atoms with Gasteiger partial charge in [-0.1, -0.05) is 38.5 Å². The number of carbonyl (C=O) groups excluding carboxylic acids is 1. The summed E-state index contributed by atoms with van der Waals surface area (Å²) in [6.07, 6.45) is 10.8. The predicted octanol–water partition coefficient (Wildman–Crippen LogP) is 7.17. The van der Waals surface area contributed by atoms with Crippen molar-refractivity contribution in [2.75, 3.05) is 38.0 Å². The molecule has 1 heterocycles. The predicted molar refractivity (Wildman–Crippen MR) is 181 cm³/mol. The Kier molecular flexibility index (Phi) is 13.6. The van der Waals surface area contributed by atoms with Crippen molar-refractivity contribution in [2.45, 2.75) is 51.0 Å². The lowest BCUT2D eigenvalue weighted by Crippen LogP contribution is -2.12. The number of imidazole rings is 1. The average Bonchev–Trinajstić information content (AvgIpc) is 3.51. The zero-order valence-electron chi connectivity index (χ0n) is 26.4. The molecule has 0 saturated carbocycles. The quantitative estimate of drug-likeness (QED) is 0.0712. The number of hydrogen-bond acceptors (Lipinski definition) is 6. The van der Waals surface area contributed by atoms with E-state index in [-0.39, 0.29) is 5.91 Å². The molecule has 0 saturated heterocycles.